The molecule has 2 rings (SSSR count). The van der Waals surface area contributed by atoms with Crippen molar-refractivity contribution >= 4 is 45.3 Å². The van der Waals surface area contributed by atoms with Gasteiger partial charge in [-0.05, 0) is 45.8 Å². The summed E-state index contributed by atoms with van der Waals surface area (Å²) >= 11 is 3.14. The van der Waals surface area contributed by atoms with Crippen LogP contribution in [-0.2, 0) is 9.53 Å². The highest BCUT2D eigenvalue weighted by Gasteiger charge is 2.14. The molecule has 0 atom stereocenters. The lowest BCUT2D eigenvalue weighted by atomic mass is 10.1. The van der Waals surface area contributed by atoms with E-state index in [1.807, 2.05) is 0 Å². The largest absolute Gasteiger partial charge is 0.465 e. The van der Waals surface area contributed by atoms with Crippen molar-refractivity contribution in [1.29, 1.82) is 5.26 Å². The fourth-order valence-corrected chi connectivity index (χ4v) is 2.52. The highest BCUT2D eigenvalue weighted by Crippen LogP contribution is 2.27. The molecule has 0 aliphatic heterocycles. The second kappa shape index (κ2) is 8.73. The summed E-state index contributed by atoms with van der Waals surface area (Å²) in [5.74, 6) is -1.17. The average Bonchev–Trinajstić information content (AvgIpc) is 2.67. The maximum absolute atomic E-state index is 12.3. The first-order chi connectivity index (χ1) is 12.8. The van der Waals surface area contributed by atoms with E-state index in [1.54, 1.807) is 18.2 Å². The highest BCUT2D eigenvalue weighted by molar-refractivity contribution is 9.10. The van der Waals surface area contributed by atoms with Gasteiger partial charge in [0.25, 0.3) is 11.6 Å². The van der Waals surface area contributed by atoms with Crippen LogP contribution in [0.15, 0.2) is 52.5 Å². The molecule has 0 heterocycles. The van der Waals surface area contributed by atoms with E-state index in [9.17, 15) is 25.0 Å². The third kappa shape index (κ3) is 4.99. The number of rotatable bonds is 5. The Morgan fingerprint density at radius 1 is 1.26 bits per heavy atom. The van der Waals surface area contributed by atoms with Gasteiger partial charge in [-0.3, -0.25) is 14.9 Å². The lowest BCUT2D eigenvalue weighted by Crippen LogP contribution is -2.14. The Bertz CT molecular complexity index is 977. The molecule has 1 N–H and O–H groups in total. The predicted octanol–water partition coefficient (Wildman–Crippen LogP) is 3.69. The molecule has 0 fully saturated rings. The number of nitrogens with one attached hydrogen (secondary N) is 1. The number of methoxy groups -OCH3 is 1. The van der Waals surface area contributed by atoms with Gasteiger partial charge in [0, 0.05) is 16.6 Å². The monoisotopic (exact) mass is 429 g/mol. The number of nitro groups is 1. The van der Waals surface area contributed by atoms with Gasteiger partial charge in [0.05, 0.1) is 23.3 Å². The predicted molar refractivity (Wildman–Crippen MR) is 101 cm³/mol. The first-order valence-electron chi connectivity index (χ1n) is 7.41. The van der Waals surface area contributed by atoms with Crippen molar-refractivity contribution in [2.75, 3.05) is 12.4 Å². The van der Waals surface area contributed by atoms with Gasteiger partial charge in [-0.25, -0.2) is 4.79 Å². The zero-order valence-corrected chi connectivity index (χ0v) is 15.5. The number of amides is 1. The summed E-state index contributed by atoms with van der Waals surface area (Å²) in [6, 6.07) is 11.8. The minimum Gasteiger partial charge on any atom is -0.465 e. The molecule has 0 aliphatic rings. The van der Waals surface area contributed by atoms with E-state index in [0.717, 1.165) is 0 Å². The van der Waals surface area contributed by atoms with Crippen LogP contribution in [0.4, 0.5) is 11.4 Å². The fourth-order valence-electron chi connectivity index (χ4n) is 2.06. The first kappa shape index (κ1) is 19.8. The molecule has 2 aromatic carbocycles. The Hall–Kier alpha value is -3.51. The molecule has 1 amide bonds. The Balaban J connectivity index is 2.21. The van der Waals surface area contributed by atoms with Crippen molar-refractivity contribution < 1.29 is 19.2 Å². The van der Waals surface area contributed by atoms with Gasteiger partial charge in [0.1, 0.15) is 11.6 Å². The maximum Gasteiger partial charge on any atom is 0.337 e. The molecule has 0 spiro atoms. The van der Waals surface area contributed by atoms with Crippen LogP contribution in [0.3, 0.4) is 0 Å². The summed E-state index contributed by atoms with van der Waals surface area (Å²) in [5, 5.41) is 22.5. The minimum atomic E-state index is -0.677. The standard InChI is InChI=1S/C18H12BrN3O5/c1-27-18(24)12-4-2-11(3-5-12)8-13(10-20)17(23)21-16-7-6-14(22(25)26)9-15(16)19/h2-9H,1H3,(H,21,23). The van der Waals surface area contributed by atoms with E-state index >= 15 is 0 Å². The fraction of sp³-hybridized carbons (Fsp3) is 0.0556. The van der Waals surface area contributed by atoms with E-state index in [-0.39, 0.29) is 16.9 Å². The van der Waals surface area contributed by atoms with Crippen LogP contribution in [0.25, 0.3) is 6.08 Å². The summed E-state index contributed by atoms with van der Waals surface area (Å²) in [5.41, 5.74) is 0.852. The molecule has 0 saturated heterocycles. The molecule has 0 aliphatic carbocycles. The molecule has 0 aromatic heterocycles. The molecule has 8 nitrogen and oxygen atoms in total. The molecule has 0 saturated carbocycles. The number of hydrogen-bond acceptors (Lipinski definition) is 6. The smallest absolute Gasteiger partial charge is 0.337 e. The van der Waals surface area contributed by atoms with Gasteiger partial charge in [-0.1, -0.05) is 12.1 Å². The highest BCUT2D eigenvalue weighted by atomic mass is 79.9. The number of benzene rings is 2. The normalized spacial score (nSPS) is 10.6. The van der Waals surface area contributed by atoms with Crippen molar-refractivity contribution in [1.82, 2.24) is 0 Å². The van der Waals surface area contributed by atoms with E-state index in [4.69, 9.17) is 0 Å². The van der Waals surface area contributed by atoms with Crippen LogP contribution in [0.5, 0.6) is 0 Å². The van der Waals surface area contributed by atoms with Crippen LogP contribution in [-0.4, -0.2) is 23.9 Å². The molecular formula is C18H12BrN3O5. The number of halogens is 1. The molecular weight excluding hydrogens is 418 g/mol. The number of carbonyl (C=O) groups is 2. The molecule has 0 radical (unpaired) electrons. The molecule has 9 heteroatoms. The van der Waals surface area contributed by atoms with Crippen LogP contribution >= 0.6 is 15.9 Å². The number of carbonyl (C=O) groups excluding carboxylic acids is 2. The van der Waals surface area contributed by atoms with Crippen LogP contribution in [0, 0.1) is 21.4 Å². The quantitative estimate of drug-likeness (QED) is 0.254. The average molecular weight is 430 g/mol. The van der Waals surface area contributed by atoms with Crippen LogP contribution in [0.2, 0.25) is 0 Å². The number of nitriles is 1. The number of non-ortho nitro benzene ring substituents is 1. The summed E-state index contributed by atoms with van der Waals surface area (Å²) in [6.07, 6.45) is 1.36. The molecule has 2 aromatic rings. The summed E-state index contributed by atoms with van der Waals surface area (Å²) in [4.78, 5) is 33.9. The Morgan fingerprint density at radius 2 is 1.93 bits per heavy atom. The van der Waals surface area contributed by atoms with Crippen LogP contribution < -0.4 is 5.32 Å². The van der Waals surface area contributed by atoms with E-state index in [2.05, 4.69) is 26.0 Å². The van der Waals surface area contributed by atoms with Crippen molar-refractivity contribution in [2.24, 2.45) is 0 Å². The summed E-state index contributed by atoms with van der Waals surface area (Å²) < 4.78 is 4.91. The third-order valence-electron chi connectivity index (χ3n) is 3.42. The second-order valence-corrected chi connectivity index (χ2v) is 6.01. The summed E-state index contributed by atoms with van der Waals surface area (Å²) in [7, 11) is 1.27. The summed E-state index contributed by atoms with van der Waals surface area (Å²) in [6.45, 7) is 0. The second-order valence-electron chi connectivity index (χ2n) is 5.16. The van der Waals surface area contributed by atoms with E-state index in [1.165, 1.54) is 43.5 Å². The number of esters is 1. The van der Waals surface area contributed by atoms with Crippen molar-refractivity contribution in [2.45, 2.75) is 0 Å². The van der Waals surface area contributed by atoms with Gasteiger partial charge >= 0.3 is 5.97 Å². The SMILES string of the molecule is COC(=O)c1ccc(C=C(C#N)C(=O)Nc2ccc([N+](=O)[O-])cc2Br)cc1. The van der Waals surface area contributed by atoms with Crippen molar-refractivity contribution in [3.63, 3.8) is 0 Å². The van der Waals surface area contributed by atoms with Crippen LogP contribution in [0.1, 0.15) is 15.9 Å². The lowest BCUT2D eigenvalue weighted by Gasteiger charge is -2.07. The number of ether oxygens (including phenoxy) is 1. The van der Waals surface area contributed by atoms with E-state index < -0.39 is 16.8 Å². The topological polar surface area (TPSA) is 122 Å². The Kier molecular flexibility index (Phi) is 6.41. The lowest BCUT2D eigenvalue weighted by molar-refractivity contribution is -0.384. The zero-order valence-electron chi connectivity index (χ0n) is 13.9. The minimum absolute atomic E-state index is 0.137. The Morgan fingerprint density at radius 3 is 2.44 bits per heavy atom. The van der Waals surface area contributed by atoms with Crippen molar-refractivity contribution in [3.05, 3.63) is 73.8 Å². The third-order valence-corrected chi connectivity index (χ3v) is 4.08. The van der Waals surface area contributed by atoms with Gasteiger partial charge in [-0.2, -0.15) is 5.26 Å². The molecule has 136 valence electrons. The number of hydrogen-bond donors (Lipinski definition) is 1. The number of anilines is 1. The van der Waals surface area contributed by atoms with Gasteiger partial charge in [0.2, 0.25) is 0 Å². The molecule has 0 bridgehead atoms. The van der Waals surface area contributed by atoms with Crippen molar-refractivity contribution in [3.8, 4) is 6.07 Å². The van der Waals surface area contributed by atoms with Gasteiger partial charge in [0.15, 0.2) is 0 Å². The first-order valence-corrected chi connectivity index (χ1v) is 8.20. The van der Waals surface area contributed by atoms with Gasteiger partial charge < -0.3 is 10.1 Å². The molecule has 0 unspecified atom stereocenters. The number of nitro benzene ring substituents is 1. The van der Waals surface area contributed by atoms with E-state index in [0.29, 0.717) is 15.6 Å². The molecule has 27 heavy (non-hydrogen) atoms. The Labute approximate surface area is 162 Å². The maximum atomic E-state index is 12.3. The number of nitrogens with zero attached hydrogens (tertiary/aromatic N) is 2. The zero-order chi connectivity index (χ0) is 20.0. The van der Waals surface area contributed by atoms with Gasteiger partial charge in [-0.15, -0.1) is 0 Å².